The number of urea groups is 1. The number of anilines is 1. The van der Waals surface area contributed by atoms with E-state index >= 15 is 0 Å². The van der Waals surface area contributed by atoms with Gasteiger partial charge in [0.05, 0.1) is 22.9 Å². The second-order valence-corrected chi connectivity index (χ2v) is 5.72. The van der Waals surface area contributed by atoms with Crippen LogP contribution in [0.2, 0.25) is 5.02 Å². The molecule has 2 heterocycles. The maximum Gasteiger partial charge on any atom is 0.317 e. The Hall–Kier alpha value is -2.28. The number of amides is 2. The summed E-state index contributed by atoms with van der Waals surface area (Å²) >= 11 is 6.08. The lowest BCUT2D eigenvalue weighted by atomic mass is 10.2. The Kier molecular flexibility index (Phi) is 4.66. The van der Waals surface area contributed by atoms with Gasteiger partial charge in [-0.3, -0.25) is 5.10 Å². The van der Waals surface area contributed by atoms with Gasteiger partial charge in [0, 0.05) is 32.4 Å². The molecule has 0 radical (unpaired) electrons. The van der Waals surface area contributed by atoms with E-state index in [4.69, 9.17) is 11.6 Å². The molecule has 1 aromatic heterocycles. The molecule has 2 aromatic rings. The monoisotopic (exact) mass is 337 g/mol. The predicted molar refractivity (Wildman–Crippen MR) is 86.0 cm³/mol. The van der Waals surface area contributed by atoms with Crippen LogP contribution in [0, 0.1) is 5.82 Å². The SMILES string of the molecule is O=C(NCc1ccn[nH]1)N1CCN(c2ccc(F)cc2Cl)CC1. The number of hydrogen-bond acceptors (Lipinski definition) is 3. The lowest BCUT2D eigenvalue weighted by molar-refractivity contribution is 0.194. The van der Waals surface area contributed by atoms with Crippen LogP contribution in [0.1, 0.15) is 5.69 Å². The quantitative estimate of drug-likeness (QED) is 0.902. The van der Waals surface area contributed by atoms with Gasteiger partial charge in [0.1, 0.15) is 5.82 Å². The van der Waals surface area contributed by atoms with Gasteiger partial charge in [0.2, 0.25) is 0 Å². The van der Waals surface area contributed by atoms with E-state index < -0.39 is 0 Å². The van der Waals surface area contributed by atoms with Crippen LogP contribution >= 0.6 is 11.6 Å². The van der Waals surface area contributed by atoms with Crippen molar-refractivity contribution in [1.82, 2.24) is 20.4 Å². The van der Waals surface area contributed by atoms with Crippen LogP contribution in [0.25, 0.3) is 0 Å². The predicted octanol–water partition coefficient (Wildman–Crippen LogP) is 2.23. The molecule has 6 nitrogen and oxygen atoms in total. The Bertz CT molecular complexity index is 671. The molecular formula is C15H17ClFN5O. The minimum Gasteiger partial charge on any atom is -0.367 e. The number of aromatic nitrogens is 2. The largest absolute Gasteiger partial charge is 0.367 e. The maximum absolute atomic E-state index is 13.1. The number of nitrogens with zero attached hydrogens (tertiary/aromatic N) is 3. The topological polar surface area (TPSA) is 64.3 Å². The van der Waals surface area contributed by atoms with E-state index in [9.17, 15) is 9.18 Å². The number of rotatable bonds is 3. The van der Waals surface area contributed by atoms with Crippen molar-refractivity contribution in [3.63, 3.8) is 0 Å². The van der Waals surface area contributed by atoms with E-state index in [0.29, 0.717) is 37.7 Å². The molecule has 122 valence electrons. The second-order valence-electron chi connectivity index (χ2n) is 5.31. The van der Waals surface area contributed by atoms with E-state index in [2.05, 4.69) is 20.4 Å². The van der Waals surface area contributed by atoms with Crippen molar-refractivity contribution in [3.8, 4) is 0 Å². The lowest BCUT2D eigenvalue weighted by Crippen LogP contribution is -2.51. The van der Waals surface area contributed by atoms with Crippen LogP contribution in [-0.2, 0) is 6.54 Å². The zero-order valence-electron chi connectivity index (χ0n) is 12.4. The zero-order chi connectivity index (χ0) is 16.2. The number of benzene rings is 1. The number of H-pyrrole nitrogens is 1. The van der Waals surface area contributed by atoms with Crippen LogP contribution in [-0.4, -0.2) is 47.3 Å². The van der Waals surface area contributed by atoms with Gasteiger partial charge in [-0.25, -0.2) is 9.18 Å². The second kappa shape index (κ2) is 6.87. The summed E-state index contributed by atoms with van der Waals surface area (Å²) in [5, 5.41) is 9.87. The molecule has 1 aromatic carbocycles. The third kappa shape index (κ3) is 3.73. The van der Waals surface area contributed by atoms with E-state index in [1.807, 2.05) is 6.07 Å². The van der Waals surface area contributed by atoms with Crippen LogP contribution < -0.4 is 10.2 Å². The molecule has 0 unspecified atom stereocenters. The molecule has 0 aliphatic carbocycles. The molecule has 1 fully saturated rings. The first-order valence-corrected chi connectivity index (χ1v) is 7.72. The molecule has 0 saturated carbocycles. The van der Waals surface area contributed by atoms with Crippen molar-refractivity contribution in [1.29, 1.82) is 0 Å². The molecule has 3 rings (SSSR count). The van der Waals surface area contributed by atoms with Crippen LogP contribution in [0.5, 0.6) is 0 Å². The fraction of sp³-hybridized carbons (Fsp3) is 0.333. The van der Waals surface area contributed by atoms with Crippen molar-refractivity contribution >= 4 is 23.3 Å². The fourth-order valence-corrected chi connectivity index (χ4v) is 2.84. The molecule has 1 aliphatic rings. The van der Waals surface area contributed by atoms with Gasteiger partial charge in [-0.2, -0.15) is 5.10 Å². The zero-order valence-corrected chi connectivity index (χ0v) is 13.2. The molecule has 0 bridgehead atoms. The molecule has 0 spiro atoms. The summed E-state index contributed by atoms with van der Waals surface area (Å²) in [7, 11) is 0. The molecule has 1 aliphatic heterocycles. The van der Waals surface area contributed by atoms with Crippen LogP contribution in [0.3, 0.4) is 0 Å². The summed E-state index contributed by atoms with van der Waals surface area (Å²) < 4.78 is 13.1. The lowest BCUT2D eigenvalue weighted by Gasteiger charge is -2.36. The Labute approximate surface area is 138 Å². The highest BCUT2D eigenvalue weighted by Gasteiger charge is 2.22. The minimum absolute atomic E-state index is 0.107. The van der Waals surface area contributed by atoms with Crippen molar-refractivity contribution < 1.29 is 9.18 Å². The number of aromatic amines is 1. The number of carbonyl (C=O) groups excluding carboxylic acids is 1. The fourth-order valence-electron chi connectivity index (χ4n) is 2.55. The van der Waals surface area contributed by atoms with Gasteiger partial charge in [-0.1, -0.05) is 11.6 Å². The van der Waals surface area contributed by atoms with Gasteiger partial charge >= 0.3 is 6.03 Å². The van der Waals surface area contributed by atoms with Gasteiger partial charge < -0.3 is 15.1 Å². The molecule has 1 saturated heterocycles. The van der Waals surface area contributed by atoms with Gasteiger partial charge in [0.25, 0.3) is 0 Å². The van der Waals surface area contributed by atoms with E-state index in [0.717, 1.165) is 11.4 Å². The Morgan fingerprint density at radius 3 is 2.74 bits per heavy atom. The third-order valence-corrected chi connectivity index (χ3v) is 4.11. The number of hydrogen-bond donors (Lipinski definition) is 2. The number of nitrogens with one attached hydrogen (secondary N) is 2. The maximum atomic E-state index is 13.1. The molecule has 0 atom stereocenters. The summed E-state index contributed by atoms with van der Waals surface area (Å²) in [6.45, 7) is 2.90. The summed E-state index contributed by atoms with van der Waals surface area (Å²) in [6.07, 6.45) is 1.65. The molecule has 23 heavy (non-hydrogen) atoms. The van der Waals surface area contributed by atoms with Gasteiger partial charge in [-0.15, -0.1) is 0 Å². The normalized spacial score (nSPS) is 14.9. The standard InChI is InChI=1S/C15H17ClFN5O/c16-13-9-11(17)1-2-14(13)21-5-7-22(8-6-21)15(23)18-10-12-3-4-19-20-12/h1-4,9H,5-8,10H2,(H,18,23)(H,19,20). The molecule has 2 amide bonds. The minimum atomic E-state index is -0.351. The van der Waals surface area contributed by atoms with Crippen molar-refractivity contribution in [2.45, 2.75) is 6.54 Å². The highest BCUT2D eigenvalue weighted by molar-refractivity contribution is 6.33. The summed E-state index contributed by atoms with van der Waals surface area (Å²) in [6, 6.07) is 6.08. The summed E-state index contributed by atoms with van der Waals surface area (Å²) in [5.74, 6) is -0.351. The highest BCUT2D eigenvalue weighted by Crippen LogP contribution is 2.27. The third-order valence-electron chi connectivity index (χ3n) is 3.81. The van der Waals surface area contributed by atoms with E-state index in [1.54, 1.807) is 17.2 Å². The molecular weight excluding hydrogens is 321 g/mol. The highest BCUT2D eigenvalue weighted by atomic mass is 35.5. The van der Waals surface area contributed by atoms with Crippen molar-refractivity contribution in [2.24, 2.45) is 0 Å². The van der Waals surface area contributed by atoms with Crippen LogP contribution in [0.15, 0.2) is 30.5 Å². The van der Waals surface area contributed by atoms with E-state index in [1.165, 1.54) is 12.1 Å². The number of halogens is 2. The number of carbonyl (C=O) groups is 1. The Balaban J connectivity index is 1.52. The van der Waals surface area contributed by atoms with E-state index in [-0.39, 0.29) is 11.8 Å². The first-order chi connectivity index (χ1) is 11.1. The summed E-state index contributed by atoms with van der Waals surface area (Å²) in [5.41, 5.74) is 1.65. The average Bonchev–Trinajstić information content (AvgIpc) is 3.06. The Morgan fingerprint density at radius 1 is 1.30 bits per heavy atom. The first kappa shape index (κ1) is 15.6. The number of piperazine rings is 1. The Morgan fingerprint density at radius 2 is 2.09 bits per heavy atom. The smallest absolute Gasteiger partial charge is 0.317 e. The van der Waals surface area contributed by atoms with Crippen LogP contribution in [0.4, 0.5) is 14.9 Å². The average molecular weight is 338 g/mol. The van der Waals surface area contributed by atoms with Crippen molar-refractivity contribution in [3.05, 3.63) is 47.0 Å². The molecule has 2 N–H and O–H groups in total. The van der Waals surface area contributed by atoms with Gasteiger partial charge in [-0.05, 0) is 24.3 Å². The molecule has 8 heteroatoms. The first-order valence-electron chi connectivity index (χ1n) is 7.34. The van der Waals surface area contributed by atoms with Crippen molar-refractivity contribution in [2.75, 3.05) is 31.1 Å². The van der Waals surface area contributed by atoms with Gasteiger partial charge in [0.15, 0.2) is 0 Å². The summed E-state index contributed by atoms with van der Waals surface area (Å²) in [4.78, 5) is 15.9.